The summed E-state index contributed by atoms with van der Waals surface area (Å²) in [5.74, 6) is 2.45. The predicted molar refractivity (Wildman–Crippen MR) is 104 cm³/mol. The molecule has 0 radical (unpaired) electrons. The van der Waals surface area contributed by atoms with Gasteiger partial charge in [0.25, 0.3) is 0 Å². The number of H-pyrrole nitrogens is 2. The predicted octanol–water partition coefficient (Wildman–Crippen LogP) is 3.95. The number of imidazole rings is 1. The van der Waals surface area contributed by atoms with Crippen molar-refractivity contribution in [1.29, 1.82) is 0 Å². The molecule has 0 aliphatic heterocycles. The summed E-state index contributed by atoms with van der Waals surface area (Å²) in [6.45, 7) is 2.04. The van der Waals surface area contributed by atoms with Gasteiger partial charge in [0, 0.05) is 5.56 Å². The van der Waals surface area contributed by atoms with Gasteiger partial charge in [0.1, 0.15) is 5.82 Å². The molecule has 0 aliphatic carbocycles. The summed E-state index contributed by atoms with van der Waals surface area (Å²) in [5.41, 5.74) is 5.58. The Morgan fingerprint density at radius 1 is 0.963 bits per heavy atom. The van der Waals surface area contributed by atoms with Gasteiger partial charge >= 0.3 is 0 Å². The topological polar surface area (TPSA) is 85.1 Å². The van der Waals surface area contributed by atoms with Crippen LogP contribution >= 0.6 is 0 Å². The second-order valence-electron chi connectivity index (χ2n) is 6.13. The summed E-state index contributed by atoms with van der Waals surface area (Å²) in [7, 11) is 4.77. The minimum Gasteiger partial charge on any atom is -0.493 e. The summed E-state index contributed by atoms with van der Waals surface area (Å²) < 4.78 is 16.3. The first-order valence-corrected chi connectivity index (χ1v) is 8.45. The number of ether oxygens (including phenoxy) is 3. The number of hydrogen-bond acceptors (Lipinski definition) is 5. The van der Waals surface area contributed by atoms with Gasteiger partial charge in [-0.15, -0.1) is 0 Å². The summed E-state index contributed by atoms with van der Waals surface area (Å²) in [6.07, 6.45) is 1.76. The van der Waals surface area contributed by atoms with Crippen molar-refractivity contribution < 1.29 is 14.2 Å². The highest BCUT2D eigenvalue weighted by molar-refractivity contribution is 5.86. The van der Waals surface area contributed by atoms with Gasteiger partial charge in [0.2, 0.25) is 5.75 Å². The fourth-order valence-electron chi connectivity index (χ4n) is 3.21. The quantitative estimate of drug-likeness (QED) is 0.560. The van der Waals surface area contributed by atoms with Crippen molar-refractivity contribution in [3.05, 3.63) is 42.1 Å². The van der Waals surface area contributed by atoms with Gasteiger partial charge < -0.3 is 19.2 Å². The number of rotatable bonds is 5. The Balaban J connectivity index is 1.88. The van der Waals surface area contributed by atoms with E-state index in [4.69, 9.17) is 19.2 Å². The monoisotopic (exact) mass is 364 g/mol. The molecular formula is C20H20N4O3. The van der Waals surface area contributed by atoms with Crippen LogP contribution in [-0.4, -0.2) is 41.5 Å². The number of para-hydroxylation sites is 1. The smallest absolute Gasteiger partial charge is 0.203 e. The van der Waals surface area contributed by atoms with Crippen molar-refractivity contribution in [2.24, 2.45) is 0 Å². The summed E-state index contributed by atoms with van der Waals surface area (Å²) >= 11 is 0. The highest BCUT2D eigenvalue weighted by Crippen LogP contribution is 2.42. The van der Waals surface area contributed by atoms with E-state index in [0.717, 1.165) is 39.2 Å². The van der Waals surface area contributed by atoms with Crippen molar-refractivity contribution >= 4 is 11.0 Å². The number of aromatic amines is 2. The van der Waals surface area contributed by atoms with Gasteiger partial charge in [-0.05, 0) is 30.7 Å². The minimum atomic E-state index is 0.546. The number of methoxy groups -OCH3 is 3. The third-order valence-electron chi connectivity index (χ3n) is 4.56. The van der Waals surface area contributed by atoms with Crippen LogP contribution in [0, 0.1) is 6.92 Å². The molecule has 7 heteroatoms. The highest BCUT2D eigenvalue weighted by atomic mass is 16.5. The van der Waals surface area contributed by atoms with Gasteiger partial charge in [0.05, 0.1) is 49.8 Å². The third kappa shape index (κ3) is 2.77. The standard InChI is InChI=1S/C20H20N4O3/c1-11-6-5-7-14-17(11)23-20(22-14)13-10-21-24-18(13)12-8-15(25-2)19(27-4)16(9-12)26-3/h5-10H,1-4H3,(H,21,24)(H,22,23). The molecule has 0 aliphatic rings. The molecule has 0 saturated heterocycles. The van der Waals surface area contributed by atoms with Gasteiger partial charge in [0.15, 0.2) is 11.5 Å². The Morgan fingerprint density at radius 2 is 1.70 bits per heavy atom. The van der Waals surface area contributed by atoms with Crippen LogP contribution in [-0.2, 0) is 0 Å². The highest BCUT2D eigenvalue weighted by Gasteiger charge is 2.19. The SMILES string of the molecule is COc1cc(-c2[nH]ncc2-c2nc3c(C)cccc3[nH]2)cc(OC)c1OC. The van der Waals surface area contributed by atoms with E-state index in [2.05, 4.69) is 15.2 Å². The molecule has 27 heavy (non-hydrogen) atoms. The Labute approximate surface area is 156 Å². The summed E-state index contributed by atoms with van der Waals surface area (Å²) in [6, 6.07) is 9.83. The van der Waals surface area contributed by atoms with E-state index in [9.17, 15) is 0 Å². The molecule has 0 fully saturated rings. The number of aromatic nitrogens is 4. The number of nitrogens with zero attached hydrogens (tertiary/aromatic N) is 2. The van der Waals surface area contributed by atoms with Crippen molar-refractivity contribution in [2.75, 3.05) is 21.3 Å². The van der Waals surface area contributed by atoms with Gasteiger partial charge in [-0.3, -0.25) is 5.10 Å². The number of nitrogens with one attached hydrogen (secondary N) is 2. The van der Waals surface area contributed by atoms with Crippen molar-refractivity contribution in [2.45, 2.75) is 6.92 Å². The van der Waals surface area contributed by atoms with Crippen LogP contribution in [0.2, 0.25) is 0 Å². The molecule has 0 amide bonds. The van der Waals surface area contributed by atoms with Gasteiger partial charge in [-0.2, -0.15) is 5.10 Å². The third-order valence-corrected chi connectivity index (χ3v) is 4.56. The van der Waals surface area contributed by atoms with Crippen LogP contribution in [0.5, 0.6) is 17.2 Å². The average Bonchev–Trinajstić information content (AvgIpc) is 3.34. The first-order valence-electron chi connectivity index (χ1n) is 8.45. The zero-order valence-corrected chi connectivity index (χ0v) is 15.6. The first kappa shape index (κ1) is 17.0. The lowest BCUT2D eigenvalue weighted by Gasteiger charge is -2.14. The Bertz CT molecular complexity index is 1090. The maximum atomic E-state index is 5.46. The van der Waals surface area contributed by atoms with Crippen LogP contribution in [0.15, 0.2) is 36.5 Å². The molecular weight excluding hydrogens is 344 g/mol. The summed E-state index contributed by atoms with van der Waals surface area (Å²) in [5, 5.41) is 7.28. The Kier molecular flexibility index (Phi) is 4.19. The lowest BCUT2D eigenvalue weighted by atomic mass is 10.1. The van der Waals surface area contributed by atoms with E-state index in [1.165, 1.54) is 0 Å². The molecule has 2 heterocycles. The average molecular weight is 364 g/mol. The van der Waals surface area contributed by atoms with Gasteiger partial charge in [-0.25, -0.2) is 4.98 Å². The van der Waals surface area contributed by atoms with Crippen LogP contribution < -0.4 is 14.2 Å². The normalized spacial score (nSPS) is 11.0. The van der Waals surface area contributed by atoms with Crippen LogP contribution in [0.4, 0.5) is 0 Å². The molecule has 0 spiro atoms. The number of fused-ring (bicyclic) bond motifs is 1. The number of aryl methyl sites for hydroxylation is 1. The van der Waals surface area contributed by atoms with Crippen LogP contribution in [0.25, 0.3) is 33.7 Å². The van der Waals surface area contributed by atoms with E-state index in [1.807, 2.05) is 37.3 Å². The van der Waals surface area contributed by atoms with Crippen LogP contribution in [0.1, 0.15) is 5.56 Å². The van der Waals surface area contributed by atoms with Crippen molar-refractivity contribution in [3.8, 4) is 39.9 Å². The Hall–Kier alpha value is -3.48. The fraction of sp³-hybridized carbons (Fsp3) is 0.200. The zero-order valence-electron chi connectivity index (χ0n) is 15.6. The van der Waals surface area contributed by atoms with E-state index in [1.54, 1.807) is 27.5 Å². The molecule has 7 nitrogen and oxygen atoms in total. The Morgan fingerprint density at radius 3 is 2.33 bits per heavy atom. The van der Waals surface area contributed by atoms with Crippen molar-refractivity contribution in [3.63, 3.8) is 0 Å². The molecule has 0 unspecified atom stereocenters. The molecule has 0 bridgehead atoms. The molecule has 0 atom stereocenters. The van der Waals surface area contributed by atoms with Crippen molar-refractivity contribution in [1.82, 2.24) is 20.2 Å². The maximum absolute atomic E-state index is 5.46. The molecule has 0 saturated carbocycles. The lowest BCUT2D eigenvalue weighted by molar-refractivity contribution is 0.324. The van der Waals surface area contributed by atoms with Gasteiger partial charge in [-0.1, -0.05) is 12.1 Å². The lowest BCUT2D eigenvalue weighted by Crippen LogP contribution is -1.96. The second kappa shape index (κ2) is 6.68. The molecule has 138 valence electrons. The minimum absolute atomic E-state index is 0.546. The molecule has 2 N–H and O–H groups in total. The zero-order chi connectivity index (χ0) is 19.0. The first-order chi connectivity index (χ1) is 13.2. The van der Waals surface area contributed by atoms with E-state index in [-0.39, 0.29) is 0 Å². The van der Waals surface area contributed by atoms with E-state index >= 15 is 0 Å². The maximum Gasteiger partial charge on any atom is 0.203 e. The largest absolute Gasteiger partial charge is 0.493 e. The molecule has 2 aromatic carbocycles. The van der Waals surface area contributed by atoms with E-state index in [0.29, 0.717) is 17.2 Å². The molecule has 2 aromatic heterocycles. The number of benzene rings is 2. The molecule has 4 rings (SSSR count). The molecule has 4 aromatic rings. The summed E-state index contributed by atoms with van der Waals surface area (Å²) in [4.78, 5) is 8.13. The fourth-order valence-corrected chi connectivity index (χ4v) is 3.21. The number of hydrogen-bond donors (Lipinski definition) is 2. The van der Waals surface area contributed by atoms with Crippen LogP contribution in [0.3, 0.4) is 0 Å². The van der Waals surface area contributed by atoms with E-state index < -0.39 is 0 Å². The second-order valence-corrected chi connectivity index (χ2v) is 6.13.